The molecule has 0 amide bonds. The molecule has 3 aromatic carbocycles. The van der Waals surface area contributed by atoms with Crippen LogP contribution >= 0.6 is 12.4 Å². The number of aromatic amines is 1. The van der Waals surface area contributed by atoms with E-state index in [2.05, 4.69) is 9.98 Å². The van der Waals surface area contributed by atoms with E-state index in [1.807, 2.05) is 30.3 Å². The van der Waals surface area contributed by atoms with Gasteiger partial charge in [-0.15, -0.1) is 12.4 Å². The van der Waals surface area contributed by atoms with Crippen LogP contribution in [0.3, 0.4) is 0 Å². The number of ketones is 1. The summed E-state index contributed by atoms with van der Waals surface area (Å²) in [6.07, 6.45) is 0.115. The number of benzene rings is 3. The fraction of sp³-hybridized carbons (Fsp3) is 0.111. The van der Waals surface area contributed by atoms with Crippen molar-refractivity contribution in [2.75, 3.05) is 0 Å². The Balaban J connectivity index is 0.00000380. The number of H-pyrrole nitrogens is 1. The molecule has 10 heteroatoms. The summed E-state index contributed by atoms with van der Waals surface area (Å²) in [7, 11) is 0. The molecule has 37 heavy (non-hydrogen) atoms. The number of carboxylic acid groups (broad SMARTS) is 1. The van der Waals surface area contributed by atoms with Crippen LogP contribution < -0.4 is 16.2 Å². The lowest BCUT2D eigenvalue weighted by molar-refractivity contribution is -0.141. The van der Waals surface area contributed by atoms with E-state index in [4.69, 9.17) is 16.2 Å². The van der Waals surface area contributed by atoms with Crippen LogP contribution in [0.1, 0.15) is 32.8 Å². The molecule has 4 aromatic rings. The Labute approximate surface area is 218 Å². The molecule has 190 valence electrons. The molecule has 0 saturated heterocycles. The van der Waals surface area contributed by atoms with E-state index in [0.29, 0.717) is 22.5 Å². The summed E-state index contributed by atoms with van der Waals surface area (Å²) in [5.74, 6) is -2.55. The summed E-state index contributed by atoms with van der Waals surface area (Å²) in [6.45, 7) is 0. The number of fused-ring (bicyclic) bond motifs is 1. The van der Waals surface area contributed by atoms with Gasteiger partial charge >= 0.3 is 11.9 Å². The Morgan fingerprint density at radius 1 is 0.946 bits per heavy atom. The second kappa shape index (κ2) is 11.9. The molecular formula is C27H25ClN4O5. The van der Waals surface area contributed by atoms with Crippen LogP contribution in [0.4, 0.5) is 5.69 Å². The molecule has 0 radical (unpaired) electrons. The lowest BCUT2D eigenvalue weighted by Crippen LogP contribution is -2.21. The molecule has 0 aliphatic rings. The predicted molar refractivity (Wildman–Crippen MR) is 143 cm³/mol. The largest absolute Gasteiger partial charge is 0.481 e. The highest BCUT2D eigenvalue weighted by molar-refractivity contribution is 6.01. The molecule has 1 aromatic heterocycles. The van der Waals surface area contributed by atoms with Crippen LogP contribution in [-0.2, 0) is 11.2 Å². The number of nitrogens with one attached hydrogen (secondary N) is 1. The van der Waals surface area contributed by atoms with Crippen molar-refractivity contribution >= 4 is 52.7 Å². The molecule has 1 heterocycles. The number of ether oxygens (including phenoxy) is 1. The maximum atomic E-state index is 12.9. The van der Waals surface area contributed by atoms with Gasteiger partial charge in [-0.25, -0.2) is 9.79 Å². The number of aromatic nitrogens is 1. The number of guanidine groups is 1. The first-order chi connectivity index (χ1) is 17.3. The van der Waals surface area contributed by atoms with E-state index < -0.39 is 17.9 Å². The Hall–Kier alpha value is -4.63. The number of rotatable bonds is 9. The van der Waals surface area contributed by atoms with Gasteiger partial charge in [0, 0.05) is 23.4 Å². The van der Waals surface area contributed by atoms with E-state index in [0.717, 1.165) is 10.9 Å². The quantitative estimate of drug-likeness (QED) is 0.0843. The van der Waals surface area contributed by atoms with Crippen LogP contribution in [0, 0.1) is 5.92 Å². The number of esters is 1. The van der Waals surface area contributed by atoms with Crippen LogP contribution in [0.5, 0.6) is 5.75 Å². The zero-order valence-corrected chi connectivity index (χ0v) is 20.4. The van der Waals surface area contributed by atoms with Crippen molar-refractivity contribution in [3.8, 4) is 5.75 Å². The standard InChI is InChI=1S/C27H24N4O5.ClH/c28-27(29)30-20-9-6-17(7-10-20)26(35)36-21-11-8-18-13-23(31-22(18)15-21)24(32)14-19(25(33)34)12-16-4-2-1-3-5-16;/h1-11,13,15,19,31H,12,14H2,(H,33,34)(H4,28,29,30);1H/t19-;/m1./s1. The molecule has 0 spiro atoms. The molecule has 0 saturated carbocycles. The topological polar surface area (TPSA) is 161 Å². The van der Waals surface area contributed by atoms with Crippen molar-refractivity contribution in [1.82, 2.24) is 4.98 Å². The number of aliphatic imine (C=N–C) groups is 1. The fourth-order valence-corrected chi connectivity index (χ4v) is 3.79. The van der Waals surface area contributed by atoms with Gasteiger partial charge < -0.3 is 26.3 Å². The maximum absolute atomic E-state index is 12.9. The summed E-state index contributed by atoms with van der Waals surface area (Å²) >= 11 is 0. The Morgan fingerprint density at radius 2 is 1.65 bits per heavy atom. The number of nitrogens with zero attached hydrogens (tertiary/aromatic N) is 1. The van der Waals surface area contributed by atoms with Crippen molar-refractivity contribution in [2.45, 2.75) is 12.8 Å². The SMILES string of the molecule is Cl.NC(N)=Nc1ccc(C(=O)Oc2ccc3cc(C(=O)C[C@@H](Cc4ccccc4)C(=O)O)[nH]c3c2)cc1. The Bertz CT molecular complexity index is 1440. The van der Waals surface area contributed by atoms with Gasteiger partial charge in [-0.3, -0.25) is 9.59 Å². The molecular weight excluding hydrogens is 496 g/mol. The summed E-state index contributed by atoms with van der Waals surface area (Å²) in [4.78, 5) is 44.0. The molecule has 0 fully saturated rings. The van der Waals surface area contributed by atoms with E-state index in [9.17, 15) is 19.5 Å². The smallest absolute Gasteiger partial charge is 0.343 e. The highest BCUT2D eigenvalue weighted by Crippen LogP contribution is 2.24. The average molecular weight is 521 g/mol. The summed E-state index contributed by atoms with van der Waals surface area (Å²) in [6, 6.07) is 22.1. The monoisotopic (exact) mass is 520 g/mol. The van der Waals surface area contributed by atoms with Crippen molar-refractivity contribution in [3.63, 3.8) is 0 Å². The molecule has 0 bridgehead atoms. The van der Waals surface area contributed by atoms with E-state index >= 15 is 0 Å². The Morgan fingerprint density at radius 3 is 2.30 bits per heavy atom. The van der Waals surface area contributed by atoms with Gasteiger partial charge in [0.1, 0.15) is 5.75 Å². The minimum Gasteiger partial charge on any atom is -0.481 e. The van der Waals surface area contributed by atoms with Crippen molar-refractivity contribution in [3.05, 3.63) is 95.7 Å². The number of carbonyl (C=O) groups excluding carboxylic acids is 2. The first kappa shape index (κ1) is 27.0. The fourth-order valence-electron chi connectivity index (χ4n) is 3.79. The number of Topliss-reactive ketones (excluding diaryl/α,β-unsaturated/α-hetero) is 1. The molecule has 1 atom stereocenters. The van der Waals surface area contributed by atoms with Gasteiger partial charge in [0.05, 0.1) is 22.9 Å². The minimum absolute atomic E-state index is 0. The summed E-state index contributed by atoms with van der Waals surface area (Å²) in [5.41, 5.74) is 13.2. The van der Waals surface area contributed by atoms with Crippen LogP contribution in [-0.4, -0.2) is 33.8 Å². The number of hydrogen-bond acceptors (Lipinski definition) is 5. The number of halogens is 1. The van der Waals surface area contributed by atoms with E-state index in [-0.39, 0.29) is 42.7 Å². The number of aliphatic carboxylic acids is 1. The minimum atomic E-state index is -1.02. The van der Waals surface area contributed by atoms with Gasteiger partial charge in [0.25, 0.3) is 0 Å². The predicted octanol–water partition coefficient (Wildman–Crippen LogP) is 4.23. The van der Waals surface area contributed by atoms with Crippen LogP contribution in [0.25, 0.3) is 10.9 Å². The first-order valence-electron chi connectivity index (χ1n) is 11.1. The molecule has 0 aliphatic carbocycles. The van der Waals surface area contributed by atoms with Crippen LogP contribution in [0.2, 0.25) is 0 Å². The summed E-state index contributed by atoms with van der Waals surface area (Å²) < 4.78 is 5.45. The highest BCUT2D eigenvalue weighted by atomic mass is 35.5. The molecule has 0 unspecified atom stereocenters. The maximum Gasteiger partial charge on any atom is 0.343 e. The first-order valence-corrected chi connectivity index (χ1v) is 11.1. The number of carboxylic acids is 1. The van der Waals surface area contributed by atoms with Crippen molar-refractivity contribution < 1.29 is 24.2 Å². The lowest BCUT2D eigenvalue weighted by atomic mass is 9.93. The summed E-state index contributed by atoms with van der Waals surface area (Å²) in [5, 5.41) is 10.3. The zero-order chi connectivity index (χ0) is 25.7. The molecule has 0 aliphatic heterocycles. The highest BCUT2D eigenvalue weighted by Gasteiger charge is 2.23. The van der Waals surface area contributed by atoms with Gasteiger partial charge in [-0.05, 0) is 54.4 Å². The third-order valence-electron chi connectivity index (χ3n) is 5.57. The third kappa shape index (κ3) is 6.96. The third-order valence-corrected chi connectivity index (χ3v) is 5.57. The number of carbonyl (C=O) groups is 3. The van der Waals surface area contributed by atoms with Crippen LogP contribution in [0.15, 0.2) is 83.9 Å². The zero-order valence-electron chi connectivity index (χ0n) is 19.6. The molecule has 6 N–H and O–H groups in total. The van der Waals surface area contributed by atoms with E-state index in [1.54, 1.807) is 48.5 Å². The lowest BCUT2D eigenvalue weighted by Gasteiger charge is -2.11. The van der Waals surface area contributed by atoms with Crippen molar-refractivity contribution in [1.29, 1.82) is 0 Å². The Kier molecular flexibility index (Phi) is 8.65. The van der Waals surface area contributed by atoms with Gasteiger partial charge in [0.2, 0.25) is 0 Å². The van der Waals surface area contributed by atoms with Gasteiger partial charge in [-0.2, -0.15) is 0 Å². The number of nitrogens with two attached hydrogens (primary N) is 2. The normalized spacial score (nSPS) is 11.2. The second-order valence-corrected chi connectivity index (χ2v) is 8.26. The molecule has 4 rings (SSSR count). The second-order valence-electron chi connectivity index (χ2n) is 8.26. The van der Waals surface area contributed by atoms with Crippen molar-refractivity contribution in [2.24, 2.45) is 22.4 Å². The van der Waals surface area contributed by atoms with Gasteiger partial charge in [-0.1, -0.05) is 30.3 Å². The number of hydrogen-bond donors (Lipinski definition) is 4. The van der Waals surface area contributed by atoms with Gasteiger partial charge in [0.15, 0.2) is 11.7 Å². The average Bonchev–Trinajstić information content (AvgIpc) is 3.28. The molecule has 9 nitrogen and oxygen atoms in total. The van der Waals surface area contributed by atoms with E-state index in [1.165, 1.54) is 0 Å².